The number of hydrogen-bond donors (Lipinski definition) is 1. The Hall–Kier alpha value is -2.14. The number of halogens is 1. The third-order valence-electron chi connectivity index (χ3n) is 4.30. The summed E-state index contributed by atoms with van der Waals surface area (Å²) in [6, 6.07) is -1.53. The van der Waals surface area contributed by atoms with E-state index in [9.17, 15) is 14.4 Å². The number of amides is 2. The summed E-state index contributed by atoms with van der Waals surface area (Å²) >= 11 is 3.13. The minimum Gasteiger partial charge on any atom is -0.468 e. The Morgan fingerprint density at radius 1 is 1.45 bits per heavy atom. The second-order valence-electron chi connectivity index (χ2n) is 7.74. The number of aromatic nitrogens is 1. The van der Waals surface area contributed by atoms with E-state index in [-0.39, 0.29) is 17.1 Å². The van der Waals surface area contributed by atoms with Crippen molar-refractivity contribution in [2.45, 2.75) is 57.7 Å². The number of ether oxygens (including phenoxy) is 2. The smallest absolute Gasteiger partial charge is 0.410 e. The van der Waals surface area contributed by atoms with E-state index in [0.29, 0.717) is 25.1 Å². The molecule has 1 fully saturated rings. The largest absolute Gasteiger partial charge is 0.468 e. The number of likely N-dealkylation sites (N-methyl/N-ethyl adjacent to an activating group) is 1. The zero-order chi connectivity index (χ0) is 21.8. The minimum absolute atomic E-state index is 0.116. The van der Waals surface area contributed by atoms with Crippen molar-refractivity contribution >= 4 is 33.9 Å². The van der Waals surface area contributed by atoms with E-state index in [2.05, 4.69) is 26.3 Å². The standard InChI is InChI=1S/C18H27BrN4O6/c1-18(2,3)29-17(26)22(4)13(9-11-10-28-16(19)20-11)14(24)23-8-6-7-12(21-23)15(25)27-5/h10,12-13,21H,6-9H2,1-5H3/t12-,13-/m0/s1. The summed E-state index contributed by atoms with van der Waals surface area (Å²) in [6.45, 7) is 5.64. The first kappa shape index (κ1) is 23.1. The molecule has 0 radical (unpaired) electrons. The van der Waals surface area contributed by atoms with E-state index in [4.69, 9.17) is 13.9 Å². The van der Waals surface area contributed by atoms with Crippen LogP contribution in [0.25, 0.3) is 0 Å². The van der Waals surface area contributed by atoms with Crippen molar-refractivity contribution < 1.29 is 28.3 Å². The molecule has 0 spiro atoms. The molecule has 1 aromatic rings. The van der Waals surface area contributed by atoms with E-state index in [1.54, 1.807) is 20.8 Å². The summed E-state index contributed by atoms with van der Waals surface area (Å²) in [5.74, 6) is -0.828. The fraction of sp³-hybridized carbons (Fsp3) is 0.667. The van der Waals surface area contributed by atoms with Crippen LogP contribution in [0.5, 0.6) is 0 Å². The molecule has 1 aliphatic heterocycles. The molecule has 0 aromatic carbocycles. The number of methoxy groups -OCH3 is 1. The van der Waals surface area contributed by atoms with Crippen LogP contribution < -0.4 is 5.43 Å². The van der Waals surface area contributed by atoms with Crippen LogP contribution in [0, 0.1) is 0 Å². The Morgan fingerprint density at radius 2 is 2.14 bits per heavy atom. The highest BCUT2D eigenvalue weighted by atomic mass is 79.9. The summed E-state index contributed by atoms with van der Waals surface area (Å²) < 4.78 is 15.3. The molecule has 0 saturated carbocycles. The van der Waals surface area contributed by atoms with Crippen molar-refractivity contribution in [3.05, 3.63) is 16.8 Å². The third-order valence-corrected chi connectivity index (χ3v) is 4.66. The lowest BCUT2D eigenvalue weighted by Gasteiger charge is -2.37. The number of carbonyl (C=O) groups excluding carboxylic acids is 3. The fourth-order valence-electron chi connectivity index (χ4n) is 2.86. The number of nitrogens with one attached hydrogen (secondary N) is 1. The van der Waals surface area contributed by atoms with Gasteiger partial charge in [0.15, 0.2) is 0 Å². The molecule has 2 amide bonds. The second kappa shape index (κ2) is 9.57. The molecule has 1 saturated heterocycles. The maximum Gasteiger partial charge on any atom is 0.410 e. The van der Waals surface area contributed by atoms with Gasteiger partial charge in [0.2, 0.25) is 0 Å². The first-order valence-electron chi connectivity index (χ1n) is 9.23. The van der Waals surface area contributed by atoms with Crippen molar-refractivity contribution in [2.24, 2.45) is 0 Å². The third kappa shape index (κ3) is 6.43. The highest BCUT2D eigenvalue weighted by Crippen LogP contribution is 2.18. The normalized spacial score (nSPS) is 18.1. The molecule has 2 heterocycles. The first-order chi connectivity index (χ1) is 13.5. The van der Waals surface area contributed by atoms with Gasteiger partial charge in [0, 0.05) is 35.9 Å². The number of hydrogen-bond acceptors (Lipinski definition) is 8. The van der Waals surface area contributed by atoms with Gasteiger partial charge < -0.3 is 13.9 Å². The van der Waals surface area contributed by atoms with Crippen LogP contribution in [0.3, 0.4) is 0 Å². The van der Waals surface area contributed by atoms with Gasteiger partial charge in [-0.05, 0) is 33.6 Å². The maximum atomic E-state index is 13.3. The Kier molecular flexibility index (Phi) is 7.64. The molecule has 10 nitrogen and oxygen atoms in total. The van der Waals surface area contributed by atoms with E-state index < -0.39 is 29.7 Å². The zero-order valence-electron chi connectivity index (χ0n) is 17.2. The quantitative estimate of drug-likeness (QED) is 0.643. The summed E-state index contributed by atoms with van der Waals surface area (Å²) in [6.07, 6.45) is 2.06. The van der Waals surface area contributed by atoms with Gasteiger partial charge in [-0.15, -0.1) is 0 Å². The summed E-state index contributed by atoms with van der Waals surface area (Å²) in [4.78, 5) is 43.4. The van der Waals surface area contributed by atoms with Crippen molar-refractivity contribution in [3.63, 3.8) is 0 Å². The average Bonchev–Trinajstić information content (AvgIpc) is 3.08. The first-order valence-corrected chi connectivity index (χ1v) is 10.0. The molecule has 0 aliphatic carbocycles. The molecular weight excluding hydrogens is 448 g/mol. The van der Waals surface area contributed by atoms with Crippen LogP contribution in [0.2, 0.25) is 0 Å². The van der Waals surface area contributed by atoms with Gasteiger partial charge in [0.25, 0.3) is 10.7 Å². The highest BCUT2D eigenvalue weighted by molar-refractivity contribution is 9.10. The molecule has 0 bridgehead atoms. The minimum atomic E-state index is -0.911. The fourth-order valence-corrected chi connectivity index (χ4v) is 3.18. The summed E-state index contributed by atoms with van der Waals surface area (Å²) in [7, 11) is 2.79. The SMILES string of the molecule is COC(=O)[C@@H]1CCCN(C(=O)[C@H](Cc2coc(Br)n2)N(C)C(=O)OC(C)(C)C)N1. The van der Waals surface area contributed by atoms with Crippen LogP contribution in [0.4, 0.5) is 4.79 Å². The van der Waals surface area contributed by atoms with Gasteiger partial charge in [0.05, 0.1) is 12.8 Å². The number of hydrazine groups is 1. The zero-order valence-corrected chi connectivity index (χ0v) is 18.8. The number of nitrogens with zero attached hydrogens (tertiary/aromatic N) is 3. The molecule has 1 N–H and O–H groups in total. The lowest BCUT2D eigenvalue weighted by molar-refractivity contribution is -0.151. The predicted molar refractivity (Wildman–Crippen MR) is 106 cm³/mol. The van der Waals surface area contributed by atoms with Gasteiger partial charge in [0.1, 0.15) is 23.9 Å². The van der Waals surface area contributed by atoms with Crippen LogP contribution in [0.15, 0.2) is 15.5 Å². The molecule has 2 rings (SSSR count). The number of rotatable bonds is 5. The predicted octanol–water partition coefficient (Wildman–Crippen LogP) is 1.88. The van der Waals surface area contributed by atoms with Crippen LogP contribution >= 0.6 is 15.9 Å². The van der Waals surface area contributed by atoms with Crippen LogP contribution in [-0.4, -0.2) is 71.2 Å². The number of esters is 1. The molecule has 162 valence electrons. The summed E-state index contributed by atoms with van der Waals surface area (Å²) in [5.41, 5.74) is 2.67. The van der Waals surface area contributed by atoms with Crippen LogP contribution in [0.1, 0.15) is 39.3 Å². The second-order valence-corrected chi connectivity index (χ2v) is 8.42. The number of carbonyl (C=O) groups is 3. The van der Waals surface area contributed by atoms with Gasteiger partial charge in [-0.25, -0.2) is 15.2 Å². The highest BCUT2D eigenvalue weighted by Gasteiger charge is 2.37. The Bertz CT molecular complexity index is 747. The lowest BCUT2D eigenvalue weighted by atomic mass is 10.1. The topological polar surface area (TPSA) is 114 Å². The Balaban J connectivity index is 2.22. The molecular formula is C18H27BrN4O6. The van der Waals surface area contributed by atoms with Crippen molar-refractivity contribution in [2.75, 3.05) is 20.7 Å². The Labute approximate surface area is 178 Å². The van der Waals surface area contributed by atoms with E-state index >= 15 is 0 Å². The van der Waals surface area contributed by atoms with Gasteiger partial charge in [-0.1, -0.05) is 0 Å². The molecule has 11 heteroatoms. The molecule has 1 aromatic heterocycles. The van der Waals surface area contributed by atoms with Crippen molar-refractivity contribution in [3.8, 4) is 0 Å². The molecule has 0 unspecified atom stereocenters. The van der Waals surface area contributed by atoms with Gasteiger partial charge >= 0.3 is 12.1 Å². The van der Waals surface area contributed by atoms with E-state index in [0.717, 1.165) is 0 Å². The number of oxazole rings is 1. The van der Waals surface area contributed by atoms with Crippen LogP contribution in [-0.2, 0) is 25.5 Å². The van der Waals surface area contributed by atoms with E-state index in [1.807, 2.05) is 0 Å². The average molecular weight is 475 g/mol. The van der Waals surface area contributed by atoms with Crippen molar-refractivity contribution in [1.82, 2.24) is 20.3 Å². The summed E-state index contributed by atoms with van der Waals surface area (Å²) in [5, 5.41) is 1.35. The lowest BCUT2D eigenvalue weighted by Crippen LogP contribution is -2.60. The maximum absolute atomic E-state index is 13.3. The monoisotopic (exact) mass is 474 g/mol. The molecule has 1 aliphatic rings. The molecule has 2 atom stereocenters. The molecule has 29 heavy (non-hydrogen) atoms. The van der Waals surface area contributed by atoms with Crippen molar-refractivity contribution in [1.29, 1.82) is 0 Å². The van der Waals surface area contributed by atoms with Gasteiger partial charge in [-0.2, -0.15) is 0 Å². The van der Waals surface area contributed by atoms with E-state index in [1.165, 1.54) is 30.3 Å². The van der Waals surface area contributed by atoms with Gasteiger partial charge in [-0.3, -0.25) is 19.5 Å². The Morgan fingerprint density at radius 3 is 2.69 bits per heavy atom.